The summed E-state index contributed by atoms with van der Waals surface area (Å²) in [6.45, 7) is 3.92. The third-order valence-corrected chi connectivity index (χ3v) is 5.45. The van der Waals surface area contributed by atoms with E-state index in [4.69, 9.17) is 11.6 Å². The van der Waals surface area contributed by atoms with E-state index in [1.165, 1.54) is 10.4 Å². The fourth-order valence-electron chi connectivity index (χ4n) is 2.06. The number of halogens is 1. The maximum atomic E-state index is 12.4. The molecule has 0 aliphatic carbocycles. The van der Waals surface area contributed by atoms with Crippen molar-refractivity contribution in [2.75, 3.05) is 13.1 Å². The van der Waals surface area contributed by atoms with Crippen LogP contribution in [-0.2, 0) is 10.0 Å². The van der Waals surface area contributed by atoms with Gasteiger partial charge in [0.05, 0.1) is 10.6 Å². The fourth-order valence-corrected chi connectivity index (χ4v) is 4.19. The number of β-amino-alcohol motifs (C(OH)–C–C–N with tert-alkyl or cyclic N) is 1. The molecule has 0 bridgehead atoms. The zero-order chi connectivity index (χ0) is 13.6. The number of sulfonamides is 1. The SMILES string of the molecule is Cc1ccc(S(=O)(=O)N2CCC(C)(O)C2)c(Cl)c1. The van der Waals surface area contributed by atoms with Crippen molar-refractivity contribution in [1.82, 2.24) is 4.31 Å². The van der Waals surface area contributed by atoms with Gasteiger partial charge in [-0.15, -0.1) is 0 Å². The number of rotatable bonds is 2. The predicted molar refractivity (Wildman–Crippen MR) is 70.2 cm³/mol. The van der Waals surface area contributed by atoms with Gasteiger partial charge in [0.1, 0.15) is 4.90 Å². The molecule has 1 aromatic rings. The van der Waals surface area contributed by atoms with Gasteiger partial charge in [0.2, 0.25) is 10.0 Å². The van der Waals surface area contributed by atoms with Crippen LogP contribution in [0.2, 0.25) is 5.02 Å². The Morgan fingerprint density at radius 2 is 2.11 bits per heavy atom. The lowest BCUT2D eigenvalue weighted by atomic mass is 10.1. The van der Waals surface area contributed by atoms with Crippen LogP contribution >= 0.6 is 11.6 Å². The van der Waals surface area contributed by atoms with Crippen LogP contribution < -0.4 is 0 Å². The number of aliphatic hydroxyl groups is 1. The Labute approximate surface area is 112 Å². The summed E-state index contributed by atoms with van der Waals surface area (Å²) < 4.78 is 26.1. The highest BCUT2D eigenvalue weighted by Gasteiger charge is 2.39. The molecule has 1 fully saturated rings. The zero-order valence-electron chi connectivity index (χ0n) is 10.4. The molecule has 1 unspecified atom stereocenters. The summed E-state index contributed by atoms with van der Waals surface area (Å²) in [5.74, 6) is 0. The monoisotopic (exact) mass is 289 g/mol. The molecule has 1 saturated heterocycles. The van der Waals surface area contributed by atoms with Gasteiger partial charge in [-0.3, -0.25) is 0 Å². The van der Waals surface area contributed by atoms with Gasteiger partial charge in [-0.1, -0.05) is 17.7 Å². The molecule has 18 heavy (non-hydrogen) atoms. The van der Waals surface area contributed by atoms with Crippen LogP contribution in [-0.4, -0.2) is 36.5 Å². The Morgan fingerprint density at radius 1 is 1.44 bits per heavy atom. The molecule has 6 heteroatoms. The second-order valence-electron chi connectivity index (χ2n) is 5.02. The molecule has 1 heterocycles. The van der Waals surface area contributed by atoms with Crippen LogP contribution in [0.15, 0.2) is 23.1 Å². The van der Waals surface area contributed by atoms with Gasteiger partial charge >= 0.3 is 0 Å². The van der Waals surface area contributed by atoms with E-state index in [9.17, 15) is 13.5 Å². The standard InChI is InChI=1S/C12H16ClNO3S/c1-9-3-4-11(10(13)7-9)18(16,17)14-6-5-12(2,15)8-14/h3-4,7,15H,5-6,8H2,1-2H3. The first-order valence-electron chi connectivity index (χ1n) is 5.71. The van der Waals surface area contributed by atoms with Crippen LogP contribution in [0, 0.1) is 6.92 Å². The largest absolute Gasteiger partial charge is 0.389 e. The highest BCUT2D eigenvalue weighted by Crippen LogP contribution is 2.30. The average molecular weight is 290 g/mol. The Kier molecular flexibility index (Phi) is 3.44. The van der Waals surface area contributed by atoms with Crippen molar-refractivity contribution in [3.63, 3.8) is 0 Å². The second kappa shape index (κ2) is 4.49. The molecule has 1 atom stereocenters. The Bertz CT molecular complexity index is 569. The Balaban J connectivity index is 2.38. The molecule has 0 aromatic heterocycles. The lowest BCUT2D eigenvalue weighted by molar-refractivity contribution is 0.0762. The van der Waals surface area contributed by atoms with Gasteiger partial charge in [-0.25, -0.2) is 8.42 Å². The van der Waals surface area contributed by atoms with E-state index in [0.29, 0.717) is 13.0 Å². The molecule has 1 aromatic carbocycles. The summed E-state index contributed by atoms with van der Waals surface area (Å²) in [4.78, 5) is 0.104. The summed E-state index contributed by atoms with van der Waals surface area (Å²) in [5, 5.41) is 10.1. The topological polar surface area (TPSA) is 57.6 Å². The van der Waals surface area contributed by atoms with Crippen molar-refractivity contribution in [2.45, 2.75) is 30.8 Å². The summed E-state index contributed by atoms with van der Waals surface area (Å²) in [7, 11) is -3.62. The van der Waals surface area contributed by atoms with Gasteiger partial charge in [0, 0.05) is 13.1 Å². The number of aryl methyl sites for hydroxylation is 1. The maximum absolute atomic E-state index is 12.4. The van der Waals surface area contributed by atoms with Gasteiger partial charge in [-0.05, 0) is 38.0 Å². The molecule has 0 saturated carbocycles. The number of nitrogens with zero attached hydrogens (tertiary/aromatic N) is 1. The fraction of sp³-hybridized carbons (Fsp3) is 0.500. The second-order valence-corrected chi connectivity index (χ2v) is 7.33. The average Bonchev–Trinajstić information content (AvgIpc) is 2.58. The van der Waals surface area contributed by atoms with Crippen LogP contribution in [0.1, 0.15) is 18.9 Å². The molecule has 100 valence electrons. The van der Waals surface area contributed by atoms with Crippen molar-refractivity contribution in [3.05, 3.63) is 28.8 Å². The molecule has 1 N–H and O–H groups in total. The van der Waals surface area contributed by atoms with Crippen molar-refractivity contribution in [1.29, 1.82) is 0 Å². The smallest absolute Gasteiger partial charge is 0.244 e. The molecule has 1 aliphatic rings. The molecular formula is C12H16ClNO3S. The number of benzene rings is 1. The van der Waals surface area contributed by atoms with Crippen LogP contribution in [0.4, 0.5) is 0 Å². The van der Waals surface area contributed by atoms with E-state index >= 15 is 0 Å². The molecular weight excluding hydrogens is 274 g/mol. The molecule has 2 rings (SSSR count). The van der Waals surface area contributed by atoms with Crippen LogP contribution in [0.3, 0.4) is 0 Å². The van der Waals surface area contributed by atoms with E-state index in [0.717, 1.165) is 5.56 Å². The minimum absolute atomic E-state index is 0.104. The summed E-state index contributed by atoms with van der Waals surface area (Å²) in [6.07, 6.45) is 0.440. The quantitative estimate of drug-likeness (QED) is 0.903. The minimum Gasteiger partial charge on any atom is -0.389 e. The molecule has 1 aliphatic heterocycles. The number of hydrogen-bond donors (Lipinski definition) is 1. The number of hydrogen-bond acceptors (Lipinski definition) is 3. The first-order chi connectivity index (χ1) is 8.22. The van der Waals surface area contributed by atoms with Gasteiger partial charge in [0.15, 0.2) is 0 Å². The van der Waals surface area contributed by atoms with Gasteiger partial charge in [0.25, 0.3) is 0 Å². The van der Waals surface area contributed by atoms with Gasteiger partial charge < -0.3 is 5.11 Å². The third-order valence-electron chi connectivity index (χ3n) is 3.12. The summed E-state index contributed by atoms with van der Waals surface area (Å²) in [6, 6.07) is 4.86. The van der Waals surface area contributed by atoms with Crippen molar-refractivity contribution < 1.29 is 13.5 Å². The zero-order valence-corrected chi connectivity index (χ0v) is 11.9. The highest BCUT2D eigenvalue weighted by atomic mass is 35.5. The highest BCUT2D eigenvalue weighted by molar-refractivity contribution is 7.89. The predicted octanol–water partition coefficient (Wildman–Crippen LogP) is 1.79. The molecule has 0 radical (unpaired) electrons. The Hall–Kier alpha value is -0.620. The van der Waals surface area contributed by atoms with Crippen molar-refractivity contribution in [3.8, 4) is 0 Å². The Morgan fingerprint density at radius 3 is 2.61 bits per heavy atom. The van der Waals surface area contributed by atoms with Gasteiger partial charge in [-0.2, -0.15) is 4.31 Å². The van der Waals surface area contributed by atoms with Crippen LogP contribution in [0.25, 0.3) is 0 Å². The molecule has 0 spiro atoms. The third kappa shape index (κ3) is 2.54. The van der Waals surface area contributed by atoms with E-state index in [-0.39, 0.29) is 16.5 Å². The molecule has 0 amide bonds. The van der Waals surface area contributed by atoms with Crippen molar-refractivity contribution >= 4 is 21.6 Å². The summed E-state index contributed by atoms with van der Waals surface area (Å²) >= 11 is 6.00. The van der Waals surface area contributed by atoms with E-state index < -0.39 is 15.6 Å². The van der Waals surface area contributed by atoms with E-state index in [1.807, 2.05) is 6.92 Å². The molecule has 4 nitrogen and oxygen atoms in total. The van der Waals surface area contributed by atoms with Crippen molar-refractivity contribution in [2.24, 2.45) is 0 Å². The minimum atomic E-state index is -3.62. The lowest BCUT2D eigenvalue weighted by Gasteiger charge is -2.19. The lowest BCUT2D eigenvalue weighted by Crippen LogP contribution is -2.34. The maximum Gasteiger partial charge on any atom is 0.244 e. The normalized spacial score (nSPS) is 25.6. The first-order valence-corrected chi connectivity index (χ1v) is 7.53. The van der Waals surface area contributed by atoms with E-state index in [2.05, 4.69) is 0 Å². The van der Waals surface area contributed by atoms with E-state index in [1.54, 1.807) is 19.1 Å². The van der Waals surface area contributed by atoms with Crippen LogP contribution in [0.5, 0.6) is 0 Å². The summed E-state index contributed by atoms with van der Waals surface area (Å²) in [5.41, 5.74) is -0.0445. The first kappa shape index (κ1) is 13.8.